The molecule has 0 atom stereocenters. The van der Waals surface area contributed by atoms with Gasteiger partial charge in [0.25, 0.3) is 10.1 Å². The molecule has 0 spiro atoms. The van der Waals surface area contributed by atoms with Crippen LogP contribution in [0, 0.1) is 0 Å². The van der Waals surface area contributed by atoms with Gasteiger partial charge in [-0.3, -0.25) is 9.45 Å². The number of benzene rings is 2. The van der Waals surface area contributed by atoms with Gasteiger partial charge in [-0.2, -0.15) is 8.42 Å². The maximum atomic E-state index is 9.19. The lowest BCUT2D eigenvalue weighted by molar-refractivity contribution is 0.112. The van der Waals surface area contributed by atoms with Gasteiger partial charge in [0.2, 0.25) is 0 Å². The molecule has 7 nitrogen and oxygen atoms in total. The van der Waals surface area contributed by atoms with Gasteiger partial charge in [0.1, 0.15) is 0 Å². The summed E-state index contributed by atoms with van der Waals surface area (Å²) in [5, 5.41) is 9.09. The number of aliphatic hydroxyl groups is 1. The van der Waals surface area contributed by atoms with Crippen molar-refractivity contribution in [1.82, 2.24) is 9.80 Å². The first-order valence-corrected chi connectivity index (χ1v) is 12.8. The summed E-state index contributed by atoms with van der Waals surface area (Å²) in [4.78, 5) is 7.39. The Balaban J connectivity index is 0.000000523. The quantitative estimate of drug-likeness (QED) is 0.643. The number of aliphatic hydroxyl groups excluding tert-OH is 1. The Labute approximate surface area is 191 Å². The zero-order valence-electron chi connectivity index (χ0n) is 18.6. The lowest BCUT2D eigenvalue weighted by atomic mass is 10.1. The minimum absolute atomic E-state index is 0.266. The molecule has 2 aliphatic rings. The Morgan fingerprint density at radius 1 is 0.781 bits per heavy atom. The molecule has 0 aromatic heterocycles. The van der Waals surface area contributed by atoms with E-state index in [1.54, 1.807) is 0 Å². The summed E-state index contributed by atoms with van der Waals surface area (Å²) < 4.78 is 25.9. The summed E-state index contributed by atoms with van der Waals surface area (Å²) in [5.41, 5.74) is 5.16. The minimum atomic E-state index is -3.67. The summed E-state index contributed by atoms with van der Waals surface area (Å²) in [6.45, 7) is 7.57. The topological polar surface area (TPSA) is 84.3 Å². The Bertz CT molecular complexity index is 944. The largest absolute Gasteiger partial charge is 0.395 e. The van der Waals surface area contributed by atoms with E-state index in [-0.39, 0.29) is 6.61 Å². The van der Waals surface area contributed by atoms with Crippen molar-refractivity contribution in [2.24, 2.45) is 0 Å². The number of fused-ring (bicyclic) bond motifs is 2. The lowest BCUT2D eigenvalue weighted by Gasteiger charge is -2.35. The maximum Gasteiger partial charge on any atom is 0.261 e. The molecule has 4 rings (SSSR count). The van der Waals surface area contributed by atoms with Crippen LogP contribution in [0.4, 0.5) is 11.4 Å². The van der Waals surface area contributed by atoms with E-state index in [9.17, 15) is 8.42 Å². The fourth-order valence-electron chi connectivity index (χ4n) is 4.13. The first-order valence-electron chi connectivity index (χ1n) is 11.0. The van der Waals surface area contributed by atoms with Gasteiger partial charge < -0.3 is 14.9 Å². The monoisotopic (exact) mass is 459 g/mol. The van der Waals surface area contributed by atoms with Crippen molar-refractivity contribution in [3.05, 3.63) is 59.7 Å². The van der Waals surface area contributed by atoms with E-state index < -0.39 is 10.1 Å². The Morgan fingerprint density at radius 3 is 1.69 bits per heavy atom. The molecule has 1 fully saturated rings. The number of hydrogen-bond donors (Lipinski definition) is 2. The van der Waals surface area contributed by atoms with E-state index >= 15 is 0 Å². The average molecular weight is 460 g/mol. The van der Waals surface area contributed by atoms with Gasteiger partial charge in [-0.1, -0.05) is 48.6 Å². The second-order valence-electron chi connectivity index (χ2n) is 8.10. The van der Waals surface area contributed by atoms with E-state index in [0.717, 1.165) is 52.2 Å². The fourth-order valence-corrected chi connectivity index (χ4v) is 4.13. The summed E-state index contributed by atoms with van der Waals surface area (Å²) in [6, 6.07) is 17.4. The molecular formula is C24H33N3O4S. The van der Waals surface area contributed by atoms with Crippen LogP contribution in [0.1, 0.15) is 17.5 Å². The van der Waals surface area contributed by atoms with Crippen molar-refractivity contribution in [2.75, 3.05) is 63.6 Å². The van der Waals surface area contributed by atoms with Crippen molar-refractivity contribution >= 4 is 33.6 Å². The van der Waals surface area contributed by atoms with Gasteiger partial charge in [-0.25, -0.2) is 0 Å². The molecule has 32 heavy (non-hydrogen) atoms. The summed E-state index contributed by atoms with van der Waals surface area (Å²) in [7, 11) is -3.67. The Kier molecular flexibility index (Phi) is 8.84. The number of hydrogen-bond acceptors (Lipinski definition) is 6. The molecule has 8 heteroatoms. The second-order valence-corrected chi connectivity index (χ2v) is 9.56. The normalized spacial score (nSPS) is 16.5. The third-order valence-corrected chi connectivity index (χ3v) is 5.63. The van der Waals surface area contributed by atoms with Crippen LogP contribution in [-0.2, 0) is 10.1 Å². The zero-order chi connectivity index (χ0) is 23.0. The highest BCUT2D eigenvalue weighted by Crippen LogP contribution is 2.36. The average Bonchev–Trinajstić information content (AvgIpc) is 2.91. The van der Waals surface area contributed by atoms with Crippen molar-refractivity contribution in [1.29, 1.82) is 0 Å². The van der Waals surface area contributed by atoms with Crippen LogP contribution in [0.5, 0.6) is 0 Å². The predicted molar refractivity (Wildman–Crippen MR) is 131 cm³/mol. The molecule has 0 unspecified atom stereocenters. The minimum Gasteiger partial charge on any atom is -0.395 e. The van der Waals surface area contributed by atoms with E-state index in [0.29, 0.717) is 6.26 Å². The molecule has 0 radical (unpaired) electrons. The van der Waals surface area contributed by atoms with Crippen molar-refractivity contribution in [2.45, 2.75) is 6.42 Å². The Morgan fingerprint density at radius 2 is 1.22 bits per heavy atom. The predicted octanol–water partition coefficient (Wildman–Crippen LogP) is 2.81. The highest BCUT2D eigenvalue weighted by molar-refractivity contribution is 7.85. The molecule has 1 saturated heterocycles. The molecule has 2 aromatic rings. The molecule has 2 N–H and O–H groups in total. The van der Waals surface area contributed by atoms with E-state index in [4.69, 9.17) is 9.66 Å². The van der Waals surface area contributed by atoms with Gasteiger partial charge in [-0.15, -0.1) is 0 Å². The molecule has 0 bridgehead atoms. The smallest absolute Gasteiger partial charge is 0.261 e. The van der Waals surface area contributed by atoms with Crippen LogP contribution in [0.25, 0.3) is 12.2 Å². The standard InChI is InChI=1S/C23H29N3O.CH4O3S/c27-19-18-25-16-14-24(15-17-25)12-5-13-26-22-8-3-1-6-20(22)10-11-21-7-2-4-9-23(21)26;1-5(2,3)4/h1-4,6-11,27H,5,12-19H2;1H3,(H,2,3,4). The second kappa shape index (κ2) is 11.6. The van der Waals surface area contributed by atoms with E-state index in [1.807, 2.05) is 0 Å². The molecule has 2 heterocycles. The van der Waals surface area contributed by atoms with Gasteiger partial charge in [0.15, 0.2) is 0 Å². The number of nitrogens with zero attached hydrogens (tertiary/aromatic N) is 3. The number of para-hydroxylation sites is 2. The van der Waals surface area contributed by atoms with Crippen LogP contribution in [0.15, 0.2) is 48.5 Å². The molecule has 2 aliphatic heterocycles. The first-order chi connectivity index (χ1) is 15.3. The molecule has 0 amide bonds. The van der Waals surface area contributed by atoms with E-state index in [2.05, 4.69) is 75.4 Å². The lowest BCUT2D eigenvalue weighted by Crippen LogP contribution is -2.47. The van der Waals surface area contributed by atoms with Gasteiger partial charge in [0, 0.05) is 50.6 Å². The molecular weight excluding hydrogens is 426 g/mol. The third-order valence-electron chi connectivity index (χ3n) is 5.63. The molecule has 174 valence electrons. The third kappa shape index (κ3) is 7.43. The van der Waals surface area contributed by atoms with Gasteiger partial charge in [-0.05, 0) is 36.2 Å². The summed E-state index contributed by atoms with van der Waals surface area (Å²) >= 11 is 0. The van der Waals surface area contributed by atoms with Crippen molar-refractivity contribution in [3.8, 4) is 0 Å². The van der Waals surface area contributed by atoms with Crippen LogP contribution in [0.2, 0.25) is 0 Å². The van der Waals surface area contributed by atoms with Crippen LogP contribution in [-0.4, -0.2) is 86.6 Å². The van der Waals surface area contributed by atoms with Crippen LogP contribution < -0.4 is 4.90 Å². The maximum absolute atomic E-state index is 9.19. The summed E-state index contributed by atoms with van der Waals surface area (Å²) in [5.74, 6) is 0. The Hall–Kier alpha value is -2.23. The first kappa shape index (κ1) is 24.4. The highest BCUT2D eigenvalue weighted by atomic mass is 32.2. The number of anilines is 2. The number of β-amino-alcohol motifs (C(OH)–C–C–N with tert-alkyl or cyclic N) is 1. The number of piperazine rings is 1. The van der Waals surface area contributed by atoms with Crippen molar-refractivity contribution in [3.63, 3.8) is 0 Å². The number of rotatable bonds is 6. The van der Waals surface area contributed by atoms with Gasteiger partial charge in [0.05, 0.1) is 12.9 Å². The van der Waals surface area contributed by atoms with E-state index in [1.165, 1.54) is 22.5 Å². The molecule has 0 saturated carbocycles. The fraction of sp³-hybridized carbons (Fsp3) is 0.417. The molecule has 0 aliphatic carbocycles. The molecule has 2 aromatic carbocycles. The van der Waals surface area contributed by atoms with Crippen molar-refractivity contribution < 1.29 is 18.1 Å². The highest BCUT2D eigenvalue weighted by Gasteiger charge is 2.19. The zero-order valence-corrected chi connectivity index (χ0v) is 19.4. The van der Waals surface area contributed by atoms with Crippen LogP contribution in [0.3, 0.4) is 0 Å². The SMILES string of the molecule is CS(=O)(=O)O.OCCN1CCN(CCCN2c3ccccc3C=Cc3ccccc32)CC1. The van der Waals surface area contributed by atoms with Gasteiger partial charge >= 0.3 is 0 Å². The summed E-state index contributed by atoms with van der Waals surface area (Å²) in [6.07, 6.45) is 6.32. The van der Waals surface area contributed by atoms with Crippen LogP contribution >= 0.6 is 0 Å².